The van der Waals surface area contributed by atoms with E-state index in [-0.39, 0.29) is 25.7 Å². The Kier molecular flexibility index (Phi) is 16.2. The summed E-state index contributed by atoms with van der Waals surface area (Å²) < 4.78 is 0. The van der Waals surface area contributed by atoms with Crippen molar-refractivity contribution in [1.82, 2.24) is 16.0 Å². The zero-order valence-electron chi connectivity index (χ0n) is 20.2. The van der Waals surface area contributed by atoms with E-state index in [9.17, 15) is 34.2 Å². The number of aliphatic carboxylic acids is 1. The van der Waals surface area contributed by atoms with E-state index in [4.69, 9.17) is 22.9 Å². The summed E-state index contributed by atoms with van der Waals surface area (Å²) >= 11 is 0. The molecule has 0 aromatic carbocycles. The van der Waals surface area contributed by atoms with Crippen LogP contribution >= 0.6 is 0 Å². The van der Waals surface area contributed by atoms with Crippen LogP contribution in [0.2, 0.25) is 0 Å². The number of carboxylic acids is 1. The summed E-state index contributed by atoms with van der Waals surface area (Å²) in [5, 5.41) is 26.3. The number of aliphatic hydroxyl groups excluding tert-OH is 1. The molecule has 5 unspecified atom stereocenters. The van der Waals surface area contributed by atoms with Crippen molar-refractivity contribution in [2.75, 3.05) is 13.1 Å². The molecule has 0 rings (SSSR count). The molecule has 13 N–H and O–H groups in total. The first-order chi connectivity index (χ1) is 16.4. The van der Waals surface area contributed by atoms with Gasteiger partial charge in [-0.2, -0.15) is 0 Å². The summed E-state index contributed by atoms with van der Waals surface area (Å²) in [6.07, 6.45) is 0.858. The molecule has 0 radical (unpaired) electrons. The molecule has 35 heavy (non-hydrogen) atoms. The van der Waals surface area contributed by atoms with E-state index in [1.807, 2.05) is 0 Å². The predicted octanol–water partition coefficient (Wildman–Crippen LogP) is -3.24. The number of carbonyl (C=O) groups is 5. The van der Waals surface area contributed by atoms with Gasteiger partial charge in [-0.3, -0.25) is 19.2 Å². The second kappa shape index (κ2) is 17.6. The quantitative estimate of drug-likeness (QED) is 0.0794. The Bertz CT molecular complexity index is 706. The number of rotatable bonds is 19. The Balaban J connectivity index is 5.53. The number of amides is 4. The van der Waals surface area contributed by atoms with Crippen molar-refractivity contribution in [2.45, 2.75) is 88.6 Å². The second-order valence-corrected chi connectivity index (χ2v) is 8.36. The Morgan fingerprint density at radius 2 is 1.17 bits per heavy atom. The van der Waals surface area contributed by atoms with Crippen molar-refractivity contribution in [3.63, 3.8) is 0 Å². The Morgan fingerprint density at radius 1 is 0.743 bits per heavy atom. The molecule has 0 aliphatic carbocycles. The first-order valence-electron chi connectivity index (χ1n) is 11.7. The average Bonchev–Trinajstić information content (AvgIpc) is 2.79. The van der Waals surface area contributed by atoms with Crippen molar-refractivity contribution >= 4 is 29.6 Å². The van der Waals surface area contributed by atoms with Crippen molar-refractivity contribution < 1.29 is 34.2 Å². The highest BCUT2D eigenvalue weighted by Gasteiger charge is 2.30. The molecule has 5 atom stereocenters. The van der Waals surface area contributed by atoms with Gasteiger partial charge in [0.1, 0.15) is 24.2 Å². The molecule has 0 spiro atoms. The van der Waals surface area contributed by atoms with Crippen molar-refractivity contribution in [3.05, 3.63) is 0 Å². The van der Waals surface area contributed by atoms with Gasteiger partial charge in [-0.1, -0.05) is 0 Å². The molecule has 14 heteroatoms. The number of nitrogens with one attached hydrogen (secondary N) is 3. The van der Waals surface area contributed by atoms with Gasteiger partial charge in [0.15, 0.2) is 0 Å². The third-order valence-corrected chi connectivity index (χ3v) is 5.28. The van der Waals surface area contributed by atoms with Gasteiger partial charge in [-0.05, 0) is 65.0 Å². The third kappa shape index (κ3) is 13.6. The molecule has 202 valence electrons. The van der Waals surface area contributed by atoms with E-state index in [1.165, 1.54) is 6.92 Å². The first-order valence-corrected chi connectivity index (χ1v) is 11.7. The van der Waals surface area contributed by atoms with Gasteiger partial charge in [0.25, 0.3) is 0 Å². The number of carbonyl (C=O) groups excluding carboxylic acids is 4. The Hall–Kier alpha value is -2.81. The van der Waals surface area contributed by atoms with Gasteiger partial charge in [0.05, 0.1) is 6.10 Å². The van der Waals surface area contributed by atoms with Crippen LogP contribution in [-0.2, 0) is 24.0 Å². The summed E-state index contributed by atoms with van der Waals surface area (Å²) in [6, 6.07) is -4.82. The molecular weight excluding hydrogens is 462 g/mol. The minimum absolute atomic E-state index is 0.160. The minimum atomic E-state index is -1.38. The Labute approximate surface area is 204 Å². The number of primary amides is 1. The first kappa shape index (κ1) is 32.2. The maximum absolute atomic E-state index is 13.0. The molecule has 0 fully saturated rings. The summed E-state index contributed by atoms with van der Waals surface area (Å²) in [5.41, 5.74) is 21.7. The van der Waals surface area contributed by atoms with Gasteiger partial charge in [0.2, 0.25) is 23.6 Å². The molecule has 0 saturated heterocycles. The molecule has 0 bridgehead atoms. The monoisotopic (exact) mass is 503 g/mol. The second-order valence-electron chi connectivity index (χ2n) is 8.36. The van der Waals surface area contributed by atoms with E-state index in [0.29, 0.717) is 38.8 Å². The van der Waals surface area contributed by atoms with Crippen LogP contribution in [0.5, 0.6) is 0 Å². The number of hydrogen-bond acceptors (Lipinski definition) is 9. The van der Waals surface area contributed by atoms with E-state index >= 15 is 0 Å². The van der Waals surface area contributed by atoms with Gasteiger partial charge in [-0.15, -0.1) is 0 Å². The van der Waals surface area contributed by atoms with E-state index in [0.717, 1.165) is 0 Å². The fourth-order valence-corrected chi connectivity index (χ4v) is 3.10. The lowest BCUT2D eigenvalue weighted by molar-refractivity contribution is -0.142. The number of carboxylic acid groups (broad SMARTS) is 1. The highest BCUT2D eigenvalue weighted by atomic mass is 16.4. The maximum Gasteiger partial charge on any atom is 0.326 e. The zero-order valence-corrected chi connectivity index (χ0v) is 20.2. The SMILES string of the molecule is CC(O)C(N)C(=O)NC(CCCCN)C(=O)NC(CCCCN)C(=O)NC(CCC(N)=O)C(=O)O. The van der Waals surface area contributed by atoms with Crippen molar-refractivity contribution in [3.8, 4) is 0 Å². The summed E-state index contributed by atoms with van der Waals surface area (Å²) in [6.45, 7) is 2.07. The largest absolute Gasteiger partial charge is 0.480 e. The lowest BCUT2D eigenvalue weighted by Gasteiger charge is -2.25. The van der Waals surface area contributed by atoms with Crippen LogP contribution in [0.1, 0.15) is 58.3 Å². The van der Waals surface area contributed by atoms with Crippen LogP contribution in [0.15, 0.2) is 0 Å². The van der Waals surface area contributed by atoms with Gasteiger partial charge < -0.3 is 49.1 Å². The van der Waals surface area contributed by atoms with Crippen LogP contribution in [0.4, 0.5) is 0 Å². The van der Waals surface area contributed by atoms with Crippen molar-refractivity contribution in [1.29, 1.82) is 0 Å². The fourth-order valence-electron chi connectivity index (χ4n) is 3.10. The van der Waals surface area contributed by atoms with Crippen LogP contribution in [0, 0.1) is 0 Å². The van der Waals surface area contributed by atoms with Gasteiger partial charge in [-0.25, -0.2) is 4.79 Å². The van der Waals surface area contributed by atoms with Gasteiger partial charge in [0, 0.05) is 6.42 Å². The van der Waals surface area contributed by atoms with Gasteiger partial charge >= 0.3 is 5.97 Å². The number of unbranched alkanes of at least 4 members (excludes halogenated alkanes) is 2. The van der Waals surface area contributed by atoms with Crippen LogP contribution in [-0.4, -0.2) is 83.2 Å². The van der Waals surface area contributed by atoms with Crippen LogP contribution < -0.4 is 38.9 Å². The van der Waals surface area contributed by atoms with Crippen molar-refractivity contribution in [2.24, 2.45) is 22.9 Å². The van der Waals surface area contributed by atoms with Crippen LogP contribution in [0.3, 0.4) is 0 Å². The normalized spacial score (nSPS) is 15.2. The summed E-state index contributed by atoms with van der Waals surface area (Å²) in [7, 11) is 0. The van der Waals surface area contributed by atoms with E-state index in [2.05, 4.69) is 16.0 Å². The molecular formula is C21H41N7O7. The third-order valence-electron chi connectivity index (χ3n) is 5.28. The summed E-state index contributed by atoms with van der Waals surface area (Å²) in [4.78, 5) is 60.7. The van der Waals surface area contributed by atoms with E-state index in [1.54, 1.807) is 0 Å². The molecule has 4 amide bonds. The summed E-state index contributed by atoms with van der Waals surface area (Å²) in [5.74, 6) is -4.25. The average molecular weight is 504 g/mol. The molecule has 0 aromatic rings. The minimum Gasteiger partial charge on any atom is -0.480 e. The highest BCUT2D eigenvalue weighted by molar-refractivity contribution is 5.94. The molecule has 14 nitrogen and oxygen atoms in total. The molecule has 0 aliphatic heterocycles. The molecule has 0 aliphatic rings. The zero-order chi connectivity index (χ0) is 27.0. The lowest BCUT2D eigenvalue weighted by atomic mass is 10.0. The Morgan fingerprint density at radius 3 is 1.54 bits per heavy atom. The van der Waals surface area contributed by atoms with E-state index < -0.39 is 59.9 Å². The fraction of sp³-hybridized carbons (Fsp3) is 0.762. The molecule has 0 heterocycles. The lowest BCUT2D eigenvalue weighted by Crippen LogP contribution is -2.58. The van der Waals surface area contributed by atoms with Crippen LogP contribution in [0.25, 0.3) is 0 Å². The smallest absolute Gasteiger partial charge is 0.326 e. The maximum atomic E-state index is 13.0. The number of aliphatic hydroxyl groups is 1. The number of hydrogen-bond donors (Lipinski definition) is 9. The highest BCUT2D eigenvalue weighted by Crippen LogP contribution is 2.07. The predicted molar refractivity (Wildman–Crippen MR) is 127 cm³/mol. The molecule has 0 saturated carbocycles. The number of nitrogens with two attached hydrogens (primary N) is 4. The topological polar surface area (TPSA) is 266 Å². The standard InChI is InChI=1S/C21H41N7O7/c1-12(29)17(25)20(33)27-14(7-3-5-11-23)18(31)26-13(6-2-4-10-22)19(32)28-15(21(34)35)8-9-16(24)30/h12-15,17,29H,2-11,22-23,25H2,1H3,(H2,24,30)(H,26,31)(H,27,33)(H,28,32)(H,34,35). The molecule has 0 aromatic heterocycles.